The van der Waals surface area contributed by atoms with E-state index in [2.05, 4.69) is 42.0 Å². The van der Waals surface area contributed by atoms with Crippen molar-refractivity contribution in [3.63, 3.8) is 0 Å². The van der Waals surface area contributed by atoms with Gasteiger partial charge in [-0.05, 0) is 19.0 Å². The van der Waals surface area contributed by atoms with Gasteiger partial charge in [0.1, 0.15) is 0 Å². The molecule has 1 fully saturated rings. The minimum Gasteiger partial charge on any atom is -0.301 e. The fraction of sp³-hybridized carbons (Fsp3) is 0.562. The molecule has 1 aromatic carbocycles. The molecule has 1 aromatic rings. The van der Waals surface area contributed by atoms with E-state index < -0.39 is 0 Å². The molecule has 1 heterocycles. The van der Waals surface area contributed by atoms with Gasteiger partial charge in [0.15, 0.2) is 0 Å². The van der Waals surface area contributed by atoms with Gasteiger partial charge < -0.3 is 4.90 Å². The smallest absolute Gasteiger partial charge is 0.0839 e. The maximum atomic E-state index is 9.40. The lowest BCUT2D eigenvalue weighted by Crippen LogP contribution is -2.51. The number of hydrogen-bond acceptors (Lipinski definition) is 3. The van der Waals surface area contributed by atoms with Crippen LogP contribution in [-0.4, -0.2) is 49.1 Å². The minimum atomic E-state index is -0.0119. The van der Waals surface area contributed by atoms with Crippen LogP contribution in [0.4, 0.5) is 0 Å². The van der Waals surface area contributed by atoms with Gasteiger partial charge in [0.25, 0.3) is 0 Å². The van der Waals surface area contributed by atoms with Crippen molar-refractivity contribution in [1.29, 1.82) is 5.26 Å². The fourth-order valence-corrected chi connectivity index (χ4v) is 2.78. The third-order valence-corrected chi connectivity index (χ3v) is 4.13. The zero-order chi connectivity index (χ0) is 13.7. The summed E-state index contributed by atoms with van der Waals surface area (Å²) in [6, 6.07) is 13.2. The van der Waals surface area contributed by atoms with E-state index in [1.807, 2.05) is 18.2 Å². The Bertz CT molecular complexity index is 423. The van der Waals surface area contributed by atoms with Crippen LogP contribution in [0, 0.1) is 11.3 Å². The lowest BCUT2D eigenvalue weighted by atomic mass is 9.99. The Labute approximate surface area is 116 Å². The molecule has 0 aliphatic carbocycles. The van der Waals surface area contributed by atoms with Gasteiger partial charge in [0.05, 0.1) is 12.0 Å². The molecule has 0 radical (unpaired) electrons. The largest absolute Gasteiger partial charge is 0.301 e. The van der Waals surface area contributed by atoms with E-state index in [1.165, 1.54) is 6.42 Å². The molecule has 0 N–H and O–H groups in total. The second-order valence-electron chi connectivity index (χ2n) is 5.39. The number of benzene rings is 1. The van der Waals surface area contributed by atoms with E-state index in [-0.39, 0.29) is 5.92 Å². The Kier molecular flexibility index (Phi) is 4.95. The third kappa shape index (κ3) is 3.56. The van der Waals surface area contributed by atoms with Crippen LogP contribution in [0.15, 0.2) is 30.3 Å². The van der Waals surface area contributed by atoms with E-state index in [4.69, 9.17) is 0 Å². The summed E-state index contributed by atoms with van der Waals surface area (Å²) in [5.41, 5.74) is 1.14. The quantitative estimate of drug-likeness (QED) is 0.829. The topological polar surface area (TPSA) is 30.3 Å². The van der Waals surface area contributed by atoms with Crippen LogP contribution in [-0.2, 0) is 0 Å². The Morgan fingerprint density at radius 3 is 2.68 bits per heavy atom. The number of nitriles is 1. The van der Waals surface area contributed by atoms with Crippen molar-refractivity contribution in [1.82, 2.24) is 9.80 Å². The molecule has 0 spiro atoms. The molecule has 2 rings (SSSR count). The van der Waals surface area contributed by atoms with Gasteiger partial charge in [-0.2, -0.15) is 5.26 Å². The molecule has 3 heteroatoms. The molecule has 19 heavy (non-hydrogen) atoms. The lowest BCUT2D eigenvalue weighted by Gasteiger charge is -2.39. The molecule has 2 unspecified atom stereocenters. The summed E-state index contributed by atoms with van der Waals surface area (Å²) in [5, 5.41) is 9.40. The molecule has 0 aromatic heterocycles. The van der Waals surface area contributed by atoms with Gasteiger partial charge in [-0.3, -0.25) is 4.90 Å². The van der Waals surface area contributed by atoms with Crippen LogP contribution >= 0.6 is 0 Å². The van der Waals surface area contributed by atoms with E-state index >= 15 is 0 Å². The summed E-state index contributed by atoms with van der Waals surface area (Å²) >= 11 is 0. The van der Waals surface area contributed by atoms with Crippen LogP contribution in [0.25, 0.3) is 0 Å². The highest BCUT2D eigenvalue weighted by Crippen LogP contribution is 2.19. The number of nitrogens with zero attached hydrogens (tertiary/aromatic N) is 3. The number of hydrogen-bond donors (Lipinski definition) is 0. The van der Waals surface area contributed by atoms with Gasteiger partial charge in [-0.1, -0.05) is 37.3 Å². The minimum absolute atomic E-state index is 0.0119. The average molecular weight is 257 g/mol. The monoisotopic (exact) mass is 257 g/mol. The highest BCUT2D eigenvalue weighted by atomic mass is 15.3. The molecule has 1 saturated heterocycles. The third-order valence-electron chi connectivity index (χ3n) is 4.13. The summed E-state index contributed by atoms with van der Waals surface area (Å²) < 4.78 is 0. The van der Waals surface area contributed by atoms with Gasteiger partial charge in [-0.15, -0.1) is 0 Å². The first-order valence-corrected chi connectivity index (χ1v) is 7.11. The molecule has 1 aliphatic rings. The molecular formula is C16H23N3. The van der Waals surface area contributed by atoms with E-state index in [0.717, 1.165) is 31.7 Å². The molecule has 102 valence electrons. The number of piperazine rings is 1. The first-order valence-electron chi connectivity index (χ1n) is 7.11. The van der Waals surface area contributed by atoms with Crippen LogP contribution < -0.4 is 0 Å². The average Bonchev–Trinajstić information content (AvgIpc) is 2.47. The van der Waals surface area contributed by atoms with Crippen molar-refractivity contribution in [2.45, 2.75) is 25.3 Å². The predicted molar refractivity (Wildman–Crippen MR) is 77.9 cm³/mol. The Balaban J connectivity index is 1.98. The Hall–Kier alpha value is -1.37. The van der Waals surface area contributed by atoms with Crippen molar-refractivity contribution >= 4 is 0 Å². The molecule has 2 atom stereocenters. The van der Waals surface area contributed by atoms with Gasteiger partial charge >= 0.3 is 0 Å². The normalized spacial score (nSPS) is 22.9. The highest BCUT2D eigenvalue weighted by molar-refractivity contribution is 5.25. The predicted octanol–water partition coefficient (Wildman–Crippen LogP) is 2.32. The molecule has 0 saturated carbocycles. The van der Waals surface area contributed by atoms with Crippen molar-refractivity contribution < 1.29 is 0 Å². The highest BCUT2D eigenvalue weighted by Gasteiger charge is 2.25. The van der Waals surface area contributed by atoms with E-state index in [1.54, 1.807) is 0 Å². The van der Waals surface area contributed by atoms with Crippen LogP contribution in [0.3, 0.4) is 0 Å². The molecular weight excluding hydrogens is 234 g/mol. The first kappa shape index (κ1) is 14.0. The zero-order valence-corrected chi connectivity index (χ0v) is 11.9. The number of rotatable bonds is 4. The van der Waals surface area contributed by atoms with Crippen molar-refractivity contribution in [3.8, 4) is 6.07 Å². The summed E-state index contributed by atoms with van der Waals surface area (Å²) in [6.45, 7) is 6.34. The second kappa shape index (κ2) is 6.70. The van der Waals surface area contributed by atoms with Crippen molar-refractivity contribution in [2.75, 3.05) is 33.2 Å². The molecule has 3 nitrogen and oxygen atoms in total. The molecule has 0 amide bonds. The van der Waals surface area contributed by atoms with Gasteiger partial charge in [-0.25, -0.2) is 0 Å². The van der Waals surface area contributed by atoms with Crippen LogP contribution in [0.2, 0.25) is 0 Å². The summed E-state index contributed by atoms with van der Waals surface area (Å²) in [4.78, 5) is 4.87. The van der Waals surface area contributed by atoms with Gasteiger partial charge in [0, 0.05) is 32.2 Å². The Morgan fingerprint density at radius 1 is 1.32 bits per heavy atom. The Morgan fingerprint density at radius 2 is 2.05 bits per heavy atom. The second-order valence-corrected chi connectivity index (χ2v) is 5.39. The maximum absolute atomic E-state index is 9.40. The van der Waals surface area contributed by atoms with E-state index in [9.17, 15) is 5.26 Å². The fourth-order valence-electron chi connectivity index (χ4n) is 2.78. The summed E-state index contributed by atoms with van der Waals surface area (Å²) in [6.07, 6.45) is 1.18. The maximum Gasteiger partial charge on any atom is 0.0839 e. The lowest BCUT2D eigenvalue weighted by molar-refractivity contribution is 0.0919. The van der Waals surface area contributed by atoms with Crippen LogP contribution in [0.5, 0.6) is 0 Å². The first-order chi connectivity index (χ1) is 9.24. The zero-order valence-electron chi connectivity index (χ0n) is 11.9. The van der Waals surface area contributed by atoms with E-state index in [0.29, 0.717) is 6.04 Å². The number of likely N-dealkylation sites (N-methyl/N-ethyl adjacent to an activating group) is 1. The van der Waals surface area contributed by atoms with Crippen molar-refractivity contribution in [2.24, 2.45) is 0 Å². The summed E-state index contributed by atoms with van der Waals surface area (Å²) in [5.74, 6) is -0.0119. The SMILES string of the molecule is CCC1CN(CC(C#N)c2ccccc2)CCN1C. The summed E-state index contributed by atoms with van der Waals surface area (Å²) in [7, 11) is 2.20. The standard InChI is InChI=1S/C16H23N3/c1-3-16-13-19(10-9-18(16)2)12-15(11-17)14-7-5-4-6-8-14/h4-8,15-16H,3,9-10,12-13H2,1-2H3. The molecule has 1 aliphatic heterocycles. The molecule has 0 bridgehead atoms. The van der Waals surface area contributed by atoms with Gasteiger partial charge in [0.2, 0.25) is 0 Å². The van der Waals surface area contributed by atoms with Crippen molar-refractivity contribution in [3.05, 3.63) is 35.9 Å². The van der Waals surface area contributed by atoms with Crippen LogP contribution in [0.1, 0.15) is 24.8 Å².